The molecule has 0 bridgehead atoms. The Morgan fingerprint density at radius 2 is 1.83 bits per heavy atom. The van der Waals surface area contributed by atoms with Crippen LogP contribution in [0.2, 0.25) is 5.02 Å². The Bertz CT molecular complexity index is 808. The summed E-state index contributed by atoms with van der Waals surface area (Å²) in [6.45, 7) is 1.55. The molecule has 122 valence electrons. The number of anilines is 1. The zero-order valence-electron chi connectivity index (χ0n) is 12.2. The van der Waals surface area contributed by atoms with Gasteiger partial charge in [0.15, 0.2) is 0 Å². The third-order valence-electron chi connectivity index (χ3n) is 3.71. The summed E-state index contributed by atoms with van der Waals surface area (Å²) in [5.41, 5.74) is 0. The Labute approximate surface area is 139 Å². The fourth-order valence-electron chi connectivity index (χ4n) is 2.53. The summed E-state index contributed by atoms with van der Waals surface area (Å²) in [4.78, 5) is 6.15. The lowest BCUT2D eigenvalue weighted by Gasteiger charge is -2.34. The standard InChI is InChI=1S/C15H15ClFN3O2S/c16-14-5-2-6-18-15(14)19-7-9-20(10-8-19)23(21,22)13-4-1-3-12(17)11-13/h1-6,11H,7-10H2. The van der Waals surface area contributed by atoms with Crippen LogP contribution in [0.15, 0.2) is 47.5 Å². The van der Waals surface area contributed by atoms with Gasteiger partial charge >= 0.3 is 0 Å². The van der Waals surface area contributed by atoms with Crippen molar-refractivity contribution in [2.75, 3.05) is 31.1 Å². The van der Waals surface area contributed by atoms with E-state index in [1.807, 2.05) is 4.90 Å². The van der Waals surface area contributed by atoms with E-state index >= 15 is 0 Å². The van der Waals surface area contributed by atoms with Crippen molar-refractivity contribution in [2.45, 2.75) is 4.90 Å². The minimum Gasteiger partial charge on any atom is -0.353 e. The molecule has 1 saturated heterocycles. The molecule has 0 N–H and O–H groups in total. The van der Waals surface area contributed by atoms with Crippen molar-refractivity contribution in [3.05, 3.63) is 53.4 Å². The average Bonchev–Trinajstić information content (AvgIpc) is 2.55. The molecule has 0 amide bonds. The number of halogens is 2. The molecule has 8 heteroatoms. The van der Waals surface area contributed by atoms with E-state index < -0.39 is 15.8 Å². The molecule has 3 rings (SSSR count). The van der Waals surface area contributed by atoms with Crippen molar-refractivity contribution >= 4 is 27.4 Å². The molecule has 0 spiro atoms. The number of rotatable bonds is 3. The van der Waals surface area contributed by atoms with Crippen LogP contribution in [-0.4, -0.2) is 43.9 Å². The molecule has 1 aromatic carbocycles. The lowest BCUT2D eigenvalue weighted by molar-refractivity contribution is 0.383. The van der Waals surface area contributed by atoms with Gasteiger partial charge in [-0.1, -0.05) is 17.7 Å². The molecule has 0 aliphatic carbocycles. The first-order chi connectivity index (χ1) is 11.0. The van der Waals surface area contributed by atoms with Crippen LogP contribution in [0, 0.1) is 5.82 Å². The highest BCUT2D eigenvalue weighted by Crippen LogP contribution is 2.25. The molecule has 1 aliphatic heterocycles. The zero-order chi connectivity index (χ0) is 16.4. The summed E-state index contributed by atoms with van der Waals surface area (Å²) >= 11 is 6.12. The van der Waals surface area contributed by atoms with Gasteiger partial charge in [0.1, 0.15) is 11.6 Å². The van der Waals surface area contributed by atoms with Crippen molar-refractivity contribution in [3.63, 3.8) is 0 Å². The van der Waals surface area contributed by atoms with Gasteiger partial charge in [-0.25, -0.2) is 17.8 Å². The van der Waals surface area contributed by atoms with Crippen LogP contribution in [0.4, 0.5) is 10.2 Å². The van der Waals surface area contributed by atoms with Crippen LogP contribution in [0.1, 0.15) is 0 Å². The second-order valence-electron chi connectivity index (χ2n) is 5.16. The maximum Gasteiger partial charge on any atom is 0.243 e. The first-order valence-electron chi connectivity index (χ1n) is 7.10. The molecule has 2 aromatic rings. The normalized spacial score (nSPS) is 16.5. The molecule has 1 fully saturated rings. The largest absolute Gasteiger partial charge is 0.353 e. The number of hydrogen-bond donors (Lipinski definition) is 0. The SMILES string of the molecule is O=S(=O)(c1cccc(F)c1)N1CCN(c2ncccc2Cl)CC1. The number of benzene rings is 1. The van der Waals surface area contributed by atoms with Crippen LogP contribution < -0.4 is 4.90 Å². The Hall–Kier alpha value is -1.70. The lowest BCUT2D eigenvalue weighted by atomic mass is 10.3. The van der Waals surface area contributed by atoms with Crippen LogP contribution in [0.25, 0.3) is 0 Å². The lowest BCUT2D eigenvalue weighted by Crippen LogP contribution is -2.49. The molecule has 1 aromatic heterocycles. The number of piperazine rings is 1. The fraction of sp³-hybridized carbons (Fsp3) is 0.267. The zero-order valence-corrected chi connectivity index (χ0v) is 13.8. The molecule has 0 unspecified atom stereocenters. The molecule has 2 heterocycles. The van der Waals surface area contributed by atoms with Gasteiger partial charge in [-0.05, 0) is 30.3 Å². The molecule has 0 saturated carbocycles. The molecular weight excluding hydrogens is 341 g/mol. The van der Waals surface area contributed by atoms with E-state index in [9.17, 15) is 12.8 Å². The molecule has 23 heavy (non-hydrogen) atoms. The predicted octanol–water partition coefficient (Wildman–Crippen LogP) is 2.39. The quantitative estimate of drug-likeness (QED) is 0.848. The number of aromatic nitrogens is 1. The van der Waals surface area contributed by atoms with Gasteiger partial charge in [0, 0.05) is 32.4 Å². The highest BCUT2D eigenvalue weighted by molar-refractivity contribution is 7.89. The maximum absolute atomic E-state index is 13.3. The van der Waals surface area contributed by atoms with E-state index in [2.05, 4.69) is 4.98 Å². The summed E-state index contributed by atoms with van der Waals surface area (Å²) in [7, 11) is -3.69. The van der Waals surface area contributed by atoms with Gasteiger partial charge in [0.05, 0.1) is 9.92 Å². The van der Waals surface area contributed by atoms with E-state index in [1.54, 1.807) is 18.3 Å². The monoisotopic (exact) mass is 355 g/mol. The highest BCUT2D eigenvalue weighted by Gasteiger charge is 2.29. The third kappa shape index (κ3) is 3.31. The van der Waals surface area contributed by atoms with E-state index in [-0.39, 0.29) is 4.90 Å². The van der Waals surface area contributed by atoms with E-state index in [4.69, 9.17) is 11.6 Å². The van der Waals surface area contributed by atoms with Gasteiger partial charge in [-0.2, -0.15) is 4.31 Å². The van der Waals surface area contributed by atoms with Crippen molar-refractivity contribution < 1.29 is 12.8 Å². The van der Waals surface area contributed by atoms with Gasteiger partial charge < -0.3 is 4.90 Å². The average molecular weight is 356 g/mol. The number of pyridine rings is 1. The number of hydrogen-bond acceptors (Lipinski definition) is 4. The van der Waals surface area contributed by atoms with E-state index in [0.29, 0.717) is 37.0 Å². The third-order valence-corrected chi connectivity index (χ3v) is 5.90. The van der Waals surface area contributed by atoms with Gasteiger partial charge in [0.2, 0.25) is 10.0 Å². The first kappa shape index (κ1) is 16.2. The number of nitrogens with zero attached hydrogens (tertiary/aromatic N) is 3. The predicted molar refractivity (Wildman–Crippen MR) is 86.6 cm³/mol. The topological polar surface area (TPSA) is 53.5 Å². The minimum atomic E-state index is -3.69. The summed E-state index contributed by atoms with van der Waals surface area (Å²) in [5, 5.41) is 0.536. The molecule has 1 aliphatic rings. The van der Waals surface area contributed by atoms with E-state index in [1.165, 1.54) is 22.5 Å². The first-order valence-corrected chi connectivity index (χ1v) is 8.91. The van der Waals surface area contributed by atoms with Crippen LogP contribution in [-0.2, 0) is 10.0 Å². The van der Waals surface area contributed by atoms with E-state index in [0.717, 1.165) is 6.07 Å². The summed E-state index contributed by atoms with van der Waals surface area (Å²) in [6, 6.07) is 8.56. The van der Waals surface area contributed by atoms with Crippen LogP contribution in [0.5, 0.6) is 0 Å². The molecule has 0 radical (unpaired) electrons. The molecule has 0 atom stereocenters. The summed E-state index contributed by atoms with van der Waals surface area (Å²) in [5.74, 6) is 0.0851. The smallest absolute Gasteiger partial charge is 0.243 e. The van der Waals surface area contributed by atoms with Crippen LogP contribution in [0.3, 0.4) is 0 Å². The Morgan fingerprint density at radius 3 is 2.48 bits per heavy atom. The van der Waals surface area contributed by atoms with Crippen molar-refractivity contribution in [3.8, 4) is 0 Å². The van der Waals surface area contributed by atoms with Crippen molar-refractivity contribution in [1.82, 2.24) is 9.29 Å². The highest BCUT2D eigenvalue weighted by atomic mass is 35.5. The van der Waals surface area contributed by atoms with Crippen molar-refractivity contribution in [2.24, 2.45) is 0 Å². The van der Waals surface area contributed by atoms with Gasteiger partial charge in [-0.3, -0.25) is 0 Å². The van der Waals surface area contributed by atoms with Crippen LogP contribution >= 0.6 is 11.6 Å². The Balaban J connectivity index is 1.75. The Morgan fingerprint density at radius 1 is 1.09 bits per heavy atom. The second kappa shape index (κ2) is 6.43. The fourth-order valence-corrected chi connectivity index (χ4v) is 4.22. The maximum atomic E-state index is 13.3. The number of sulfonamides is 1. The van der Waals surface area contributed by atoms with Crippen molar-refractivity contribution in [1.29, 1.82) is 0 Å². The molecule has 5 nitrogen and oxygen atoms in total. The summed E-state index contributed by atoms with van der Waals surface area (Å²) in [6.07, 6.45) is 1.65. The molecular formula is C15H15ClFN3O2S. The van der Waals surface area contributed by atoms with Gasteiger partial charge in [0.25, 0.3) is 0 Å². The van der Waals surface area contributed by atoms with Gasteiger partial charge in [-0.15, -0.1) is 0 Å². The summed E-state index contributed by atoms with van der Waals surface area (Å²) < 4.78 is 39.7. The Kier molecular flexibility index (Phi) is 4.52. The second-order valence-corrected chi connectivity index (χ2v) is 7.50. The minimum absolute atomic E-state index is 0.0261.